The second-order valence-corrected chi connectivity index (χ2v) is 8.50. The molecule has 0 aromatic heterocycles. The molecular weight excluding hydrogens is 507 g/mol. The van der Waals surface area contributed by atoms with Gasteiger partial charge in [-0.2, -0.15) is 0 Å². The van der Waals surface area contributed by atoms with Crippen molar-refractivity contribution in [3.63, 3.8) is 0 Å². The van der Waals surface area contributed by atoms with Crippen molar-refractivity contribution < 1.29 is 14.6 Å². The Morgan fingerprint density at radius 3 is 2.58 bits per heavy atom. The maximum atomic E-state index is 10.0. The van der Waals surface area contributed by atoms with Crippen molar-refractivity contribution in [2.45, 2.75) is 45.6 Å². The third kappa shape index (κ3) is 7.98. The summed E-state index contributed by atoms with van der Waals surface area (Å²) < 4.78 is 10.7. The molecule has 31 heavy (non-hydrogen) atoms. The minimum Gasteiger partial charge on any atom is -0.504 e. The Kier molecular flexibility index (Phi) is 11.2. The van der Waals surface area contributed by atoms with E-state index in [9.17, 15) is 5.11 Å². The number of morpholine rings is 1. The molecule has 1 aliphatic heterocycles. The standard InChI is InChI=1S/C23H38N4O3.HI/c1-3-24-22(25-16-19-7-8-21(29-2)20(28)15-19)26-17-23(9-5-4-6-10-23)18-27-11-13-30-14-12-27;/h7-8,15,28H,3-6,9-14,16-18H2,1-2H3,(H2,24,25,26);1H. The van der Waals surface area contributed by atoms with Gasteiger partial charge >= 0.3 is 0 Å². The molecular formula is C23H39IN4O3. The highest BCUT2D eigenvalue weighted by Gasteiger charge is 2.34. The van der Waals surface area contributed by atoms with Crippen molar-refractivity contribution in [1.82, 2.24) is 15.5 Å². The lowest BCUT2D eigenvalue weighted by atomic mass is 9.73. The number of aliphatic imine (C=N–C) groups is 1. The molecule has 1 heterocycles. The van der Waals surface area contributed by atoms with Crippen molar-refractivity contribution >= 4 is 29.9 Å². The highest BCUT2D eigenvalue weighted by atomic mass is 127. The topological polar surface area (TPSA) is 78.4 Å². The summed E-state index contributed by atoms with van der Waals surface area (Å²) in [6, 6.07) is 5.43. The van der Waals surface area contributed by atoms with Crippen LogP contribution in [0.3, 0.4) is 0 Å². The number of aromatic hydroxyl groups is 1. The Bertz CT molecular complexity index is 689. The van der Waals surface area contributed by atoms with Gasteiger partial charge in [-0.25, -0.2) is 4.99 Å². The molecule has 0 radical (unpaired) electrons. The summed E-state index contributed by atoms with van der Waals surface area (Å²) in [7, 11) is 1.55. The molecule has 1 aromatic rings. The van der Waals surface area contributed by atoms with Crippen LogP contribution in [-0.2, 0) is 11.3 Å². The second kappa shape index (κ2) is 13.3. The van der Waals surface area contributed by atoms with Crippen molar-refractivity contribution in [3.05, 3.63) is 23.8 Å². The first-order valence-corrected chi connectivity index (χ1v) is 11.3. The lowest BCUT2D eigenvalue weighted by Crippen LogP contribution is -2.51. The van der Waals surface area contributed by atoms with Crippen molar-refractivity contribution in [3.8, 4) is 11.5 Å². The molecule has 3 N–H and O–H groups in total. The SMILES string of the molecule is CCNC(=NCc1ccc(OC)c(O)c1)NCC1(CN2CCOCC2)CCCCC1.I. The van der Waals surface area contributed by atoms with E-state index in [0.717, 1.165) is 57.5 Å². The number of hydrogen-bond acceptors (Lipinski definition) is 5. The molecule has 0 unspecified atom stereocenters. The molecule has 0 spiro atoms. The summed E-state index contributed by atoms with van der Waals surface area (Å²) in [6.45, 7) is 9.25. The summed E-state index contributed by atoms with van der Waals surface area (Å²) in [5.41, 5.74) is 1.25. The summed E-state index contributed by atoms with van der Waals surface area (Å²) in [5.74, 6) is 1.46. The lowest BCUT2D eigenvalue weighted by molar-refractivity contribution is 0.00820. The smallest absolute Gasteiger partial charge is 0.191 e. The zero-order valence-corrected chi connectivity index (χ0v) is 21.3. The normalized spacial score (nSPS) is 19.4. The first kappa shape index (κ1) is 26.0. The lowest BCUT2D eigenvalue weighted by Gasteiger charge is -2.42. The fourth-order valence-electron chi connectivity index (χ4n) is 4.54. The monoisotopic (exact) mass is 546 g/mol. The molecule has 2 fully saturated rings. The van der Waals surface area contributed by atoms with E-state index in [1.807, 2.05) is 6.07 Å². The van der Waals surface area contributed by atoms with Gasteiger partial charge in [0.2, 0.25) is 0 Å². The van der Waals surface area contributed by atoms with Crippen molar-refractivity contribution in [2.75, 3.05) is 53.0 Å². The van der Waals surface area contributed by atoms with Gasteiger partial charge in [-0.15, -0.1) is 24.0 Å². The van der Waals surface area contributed by atoms with Crippen LogP contribution in [0.2, 0.25) is 0 Å². The zero-order chi connectivity index (χ0) is 21.2. The van der Waals surface area contributed by atoms with Gasteiger partial charge in [0.15, 0.2) is 17.5 Å². The van der Waals surface area contributed by atoms with E-state index in [-0.39, 0.29) is 29.7 Å². The van der Waals surface area contributed by atoms with E-state index in [4.69, 9.17) is 14.5 Å². The number of phenolic OH excluding ortho intramolecular Hbond substituents is 1. The van der Waals surface area contributed by atoms with Gasteiger partial charge in [-0.1, -0.05) is 25.3 Å². The number of phenols is 1. The Balaban J connectivity index is 0.00000341. The van der Waals surface area contributed by atoms with Gasteiger partial charge in [0.1, 0.15) is 0 Å². The Morgan fingerprint density at radius 1 is 1.19 bits per heavy atom. The second-order valence-electron chi connectivity index (χ2n) is 8.50. The molecule has 3 rings (SSSR count). The number of guanidine groups is 1. The average molecular weight is 546 g/mol. The highest BCUT2D eigenvalue weighted by Crippen LogP contribution is 2.36. The number of hydrogen-bond donors (Lipinski definition) is 3. The van der Waals surface area contributed by atoms with Gasteiger partial charge in [-0.3, -0.25) is 4.90 Å². The summed E-state index contributed by atoms with van der Waals surface area (Å²) in [6.07, 6.45) is 6.50. The molecule has 1 aliphatic carbocycles. The van der Waals surface area contributed by atoms with Crippen molar-refractivity contribution in [1.29, 1.82) is 0 Å². The maximum absolute atomic E-state index is 10.0. The largest absolute Gasteiger partial charge is 0.504 e. The molecule has 8 heteroatoms. The van der Waals surface area contributed by atoms with Crippen LogP contribution in [-0.4, -0.2) is 69.0 Å². The minimum absolute atomic E-state index is 0. The van der Waals surface area contributed by atoms with E-state index in [1.165, 1.54) is 32.1 Å². The van der Waals surface area contributed by atoms with Gasteiger partial charge < -0.3 is 25.2 Å². The van der Waals surface area contributed by atoms with E-state index < -0.39 is 0 Å². The van der Waals surface area contributed by atoms with Gasteiger partial charge in [0.25, 0.3) is 0 Å². The highest BCUT2D eigenvalue weighted by molar-refractivity contribution is 14.0. The number of nitrogens with one attached hydrogen (secondary N) is 2. The van der Waals surface area contributed by atoms with Crippen LogP contribution in [0.15, 0.2) is 23.2 Å². The number of methoxy groups -OCH3 is 1. The van der Waals surface area contributed by atoms with Crippen LogP contribution in [0, 0.1) is 5.41 Å². The van der Waals surface area contributed by atoms with Crippen LogP contribution in [0.25, 0.3) is 0 Å². The Hall–Kier alpha value is -1.26. The summed E-state index contributed by atoms with van der Waals surface area (Å²) in [4.78, 5) is 7.32. The fourth-order valence-corrected chi connectivity index (χ4v) is 4.54. The number of nitrogens with zero attached hydrogens (tertiary/aromatic N) is 2. The summed E-state index contributed by atoms with van der Waals surface area (Å²) in [5, 5.41) is 17.0. The Morgan fingerprint density at radius 2 is 1.94 bits per heavy atom. The minimum atomic E-state index is 0. The molecule has 1 saturated carbocycles. The fraction of sp³-hybridized carbons (Fsp3) is 0.696. The molecule has 0 bridgehead atoms. The van der Waals surface area contributed by atoms with E-state index in [1.54, 1.807) is 19.2 Å². The van der Waals surface area contributed by atoms with Crippen LogP contribution < -0.4 is 15.4 Å². The van der Waals surface area contributed by atoms with Crippen molar-refractivity contribution in [2.24, 2.45) is 10.4 Å². The van der Waals surface area contributed by atoms with Crippen LogP contribution in [0.4, 0.5) is 0 Å². The Labute approximate surface area is 204 Å². The quantitative estimate of drug-likeness (QED) is 0.264. The van der Waals surface area contributed by atoms with Gasteiger partial charge in [0.05, 0.1) is 26.9 Å². The molecule has 1 saturated heterocycles. The van der Waals surface area contributed by atoms with Gasteiger partial charge in [-0.05, 0) is 37.5 Å². The third-order valence-electron chi connectivity index (χ3n) is 6.21. The van der Waals surface area contributed by atoms with Gasteiger partial charge in [0, 0.05) is 38.1 Å². The first-order valence-electron chi connectivity index (χ1n) is 11.3. The number of ether oxygens (including phenoxy) is 2. The molecule has 1 aromatic carbocycles. The van der Waals surface area contributed by atoms with E-state index in [2.05, 4.69) is 22.5 Å². The number of halogens is 1. The predicted octanol–water partition coefficient (Wildman–Crippen LogP) is 3.36. The average Bonchev–Trinajstić information content (AvgIpc) is 2.77. The van der Waals surface area contributed by atoms with Crippen LogP contribution in [0.1, 0.15) is 44.6 Å². The zero-order valence-electron chi connectivity index (χ0n) is 19.0. The summed E-state index contributed by atoms with van der Waals surface area (Å²) >= 11 is 0. The molecule has 2 aliphatic rings. The predicted molar refractivity (Wildman–Crippen MR) is 136 cm³/mol. The maximum Gasteiger partial charge on any atom is 0.191 e. The number of rotatable bonds is 8. The molecule has 7 nitrogen and oxygen atoms in total. The number of benzene rings is 1. The third-order valence-corrected chi connectivity index (χ3v) is 6.21. The van der Waals surface area contributed by atoms with Crippen LogP contribution >= 0.6 is 24.0 Å². The van der Waals surface area contributed by atoms with Crippen LogP contribution in [0.5, 0.6) is 11.5 Å². The molecule has 0 atom stereocenters. The first-order chi connectivity index (χ1) is 14.6. The molecule has 176 valence electrons. The van der Waals surface area contributed by atoms with E-state index in [0.29, 0.717) is 17.7 Å². The molecule has 0 amide bonds. The van der Waals surface area contributed by atoms with E-state index >= 15 is 0 Å².